The molecular weight excluding hydrogens is 198 g/mol. The average molecular weight is 206 g/mol. The van der Waals surface area contributed by atoms with Gasteiger partial charge in [-0.3, -0.25) is 0 Å². The molecule has 0 aromatic carbocycles. The number of hydrogen-bond acceptors (Lipinski definition) is 2. The van der Waals surface area contributed by atoms with E-state index >= 15 is 0 Å². The van der Waals surface area contributed by atoms with Crippen LogP contribution in [-0.4, -0.2) is 0 Å². The molecule has 0 aliphatic carbocycles. The summed E-state index contributed by atoms with van der Waals surface area (Å²) in [5, 5.41) is 2.10. The van der Waals surface area contributed by atoms with Crippen LogP contribution in [0.25, 0.3) is 0 Å². The Morgan fingerprint density at radius 1 is 1.78 bits per heavy atom. The molecule has 0 bridgehead atoms. The van der Waals surface area contributed by atoms with Crippen LogP contribution in [-0.2, 0) is 6.54 Å². The van der Waals surface area contributed by atoms with Gasteiger partial charge in [-0.2, -0.15) is 0 Å². The maximum atomic E-state index is 5.47. The van der Waals surface area contributed by atoms with Gasteiger partial charge >= 0.3 is 0 Å². The Hall–Kier alpha value is 0.140. The zero-order valence-corrected chi connectivity index (χ0v) is 7.55. The molecule has 0 radical (unpaired) electrons. The maximum Gasteiger partial charge on any atom is 0.0745 e. The van der Waals surface area contributed by atoms with Gasteiger partial charge < -0.3 is 5.73 Å². The largest absolute Gasteiger partial charge is 0.326 e. The zero-order valence-electron chi connectivity index (χ0n) is 5.15. The molecule has 2 N–H and O–H groups in total. The molecule has 1 aromatic rings. The van der Waals surface area contributed by atoms with Crippen molar-refractivity contribution in [2.24, 2.45) is 5.73 Å². The van der Waals surface area contributed by atoms with E-state index in [2.05, 4.69) is 28.2 Å². The fourth-order valence-corrected chi connectivity index (χ4v) is 2.24. The molecule has 0 saturated heterocycles. The summed E-state index contributed by atoms with van der Waals surface area (Å²) < 4.78 is 1.17. The van der Waals surface area contributed by atoms with Gasteiger partial charge in [-0.1, -0.05) is 0 Å². The third-order valence-corrected chi connectivity index (χ3v) is 3.22. The van der Waals surface area contributed by atoms with Crippen LogP contribution in [0, 0.1) is 6.92 Å². The lowest BCUT2D eigenvalue weighted by atomic mass is 10.2. The second-order valence-electron chi connectivity index (χ2n) is 1.88. The van der Waals surface area contributed by atoms with Gasteiger partial charge in [0.25, 0.3) is 0 Å². The van der Waals surface area contributed by atoms with E-state index in [-0.39, 0.29) is 0 Å². The maximum absolute atomic E-state index is 5.47. The van der Waals surface area contributed by atoms with Crippen molar-refractivity contribution in [1.29, 1.82) is 0 Å². The minimum absolute atomic E-state index is 0.635. The first-order valence-corrected chi connectivity index (χ1v) is 4.35. The minimum Gasteiger partial charge on any atom is -0.326 e. The summed E-state index contributed by atoms with van der Waals surface area (Å²) in [7, 11) is 0. The Kier molecular flexibility index (Phi) is 2.27. The van der Waals surface area contributed by atoms with Crippen LogP contribution in [0.5, 0.6) is 0 Å². The third kappa shape index (κ3) is 1.34. The van der Waals surface area contributed by atoms with E-state index in [0.717, 1.165) is 0 Å². The summed E-state index contributed by atoms with van der Waals surface area (Å²) in [5.74, 6) is 0. The lowest BCUT2D eigenvalue weighted by Gasteiger charge is -1.92. The highest BCUT2D eigenvalue weighted by Crippen LogP contribution is 2.26. The van der Waals surface area contributed by atoms with Crippen molar-refractivity contribution >= 4 is 27.3 Å². The Labute approximate surface area is 67.0 Å². The number of aryl methyl sites for hydroxylation is 1. The molecule has 0 aliphatic heterocycles. The first-order chi connectivity index (χ1) is 4.25. The first-order valence-electron chi connectivity index (χ1n) is 2.68. The molecule has 1 nitrogen and oxygen atoms in total. The lowest BCUT2D eigenvalue weighted by Crippen LogP contribution is -1.96. The van der Waals surface area contributed by atoms with Crippen LogP contribution in [0.1, 0.15) is 11.1 Å². The smallest absolute Gasteiger partial charge is 0.0745 e. The van der Waals surface area contributed by atoms with Crippen molar-refractivity contribution in [3.8, 4) is 0 Å². The molecule has 50 valence electrons. The fourth-order valence-electron chi connectivity index (χ4n) is 0.679. The van der Waals surface area contributed by atoms with Gasteiger partial charge in [0.15, 0.2) is 0 Å². The van der Waals surface area contributed by atoms with Crippen LogP contribution in [0.3, 0.4) is 0 Å². The molecule has 1 rings (SSSR count). The van der Waals surface area contributed by atoms with Crippen molar-refractivity contribution < 1.29 is 0 Å². The van der Waals surface area contributed by atoms with Crippen LogP contribution in [0.2, 0.25) is 0 Å². The fraction of sp³-hybridized carbons (Fsp3) is 0.333. The summed E-state index contributed by atoms with van der Waals surface area (Å²) in [4.78, 5) is 0. The molecule has 1 aromatic heterocycles. The predicted octanol–water partition coefficient (Wildman–Crippen LogP) is 2.28. The van der Waals surface area contributed by atoms with Gasteiger partial charge in [-0.25, -0.2) is 0 Å². The Morgan fingerprint density at radius 2 is 2.44 bits per heavy atom. The molecule has 0 fully saturated rings. The van der Waals surface area contributed by atoms with E-state index in [9.17, 15) is 0 Å². The van der Waals surface area contributed by atoms with Crippen molar-refractivity contribution in [2.75, 3.05) is 0 Å². The second-order valence-corrected chi connectivity index (χ2v) is 4.07. The van der Waals surface area contributed by atoms with Crippen molar-refractivity contribution in [3.05, 3.63) is 20.3 Å². The summed E-state index contributed by atoms with van der Waals surface area (Å²) in [6, 6.07) is 0. The Bertz CT molecular complexity index is 187. The molecular formula is C6H8BrNS. The molecule has 0 atom stereocenters. The van der Waals surface area contributed by atoms with E-state index in [1.807, 2.05) is 0 Å². The summed E-state index contributed by atoms with van der Waals surface area (Å²) in [6.07, 6.45) is 0. The van der Waals surface area contributed by atoms with Crippen LogP contribution >= 0.6 is 27.3 Å². The van der Waals surface area contributed by atoms with E-state index in [1.165, 1.54) is 14.9 Å². The topological polar surface area (TPSA) is 26.0 Å². The van der Waals surface area contributed by atoms with Gasteiger partial charge in [0.1, 0.15) is 0 Å². The van der Waals surface area contributed by atoms with Crippen LogP contribution in [0.15, 0.2) is 9.17 Å². The summed E-state index contributed by atoms with van der Waals surface area (Å²) in [6.45, 7) is 2.71. The summed E-state index contributed by atoms with van der Waals surface area (Å²) in [5.41, 5.74) is 8.00. The molecule has 0 aliphatic rings. The molecule has 0 unspecified atom stereocenters. The van der Waals surface area contributed by atoms with E-state index < -0.39 is 0 Å². The van der Waals surface area contributed by atoms with Crippen molar-refractivity contribution in [1.82, 2.24) is 0 Å². The minimum atomic E-state index is 0.635. The highest BCUT2D eigenvalue weighted by molar-refractivity contribution is 9.11. The molecule has 1 heterocycles. The Morgan fingerprint density at radius 3 is 2.67 bits per heavy atom. The predicted molar refractivity (Wildman–Crippen MR) is 44.6 cm³/mol. The monoisotopic (exact) mass is 205 g/mol. The number of rotatable bonds is 1. The van der Waals surface area contributed by atoms with Gasteiger partial charge in [-0.15, -0.1) is 11.3 Å². The van der Waals surface area contributed by atoms with E-state index in [1.54, 1.807) is 11.3 Å². The highest BCUT2D eigenvalue weighted by Gasteiger charge is 2.01. The van der Waals surface area contributed by atoms with Crippen LogP contribution in [0.4, 0.5) is 0 Å². The van der Waals surface area contributed by atoms with Gasteiger partial charge in [0.2, 0.25) is 0 Å². The van der Waals surface area contributed by atoms with Crippen molar-refractivity contribution in [2.45, 2.75) is 13.5 Å². The number of thiophene rings is 1. The van der Waals surface area contributed by atoms with Crippen LogP contribution < -0.4 is 5.73 Å². The van der Waals surface area contributed by atoms with Crippen molar-refractivity contribution in [3.63, 3.8) is 0 Å². The normalized spacial score (nSPS) is 10.1. The summed E-state index contributed by atoms with van der Waals surface area (Å²) >= 11 is 5.11. The molecule has 3 heteroatoms. The second kappa shape index (κ2) is 2.82. The quantitative estimate of drug-likeness (QED) is 0.749. The first kappa shape index (κ1) is 7.25. The molecule has 0 saturated carbocycles. The highest BCUT2D eigenvalue weighted by atomic mass is 79.9. The lowest BCUT2D eigenvalue weighted by molar-refractivity contribution is 1.06. The number of halogens is 1. The van der Waals surface area contributed by atoms with Gasteiger partial charge in [0.05, 0.1) is 3.79 Å². The zero-order chi connectivity index (χ0) is 6.85. The molecule has 0 amide bonds. The number of hydrogen-bond donors (Lipinski definition) is 1. The molecule has 9 heavy (non-hydrogen) atoms. The standard InChI is InChI=1S/C6H8BrNS/c1-4-3-9-6(7)5(4)2-8/h3H,2,8H2,1H3. The SMILES string of the molecule is Cc1csc(Br)c1CN. The third-order valence-electron chi connectivity index (χ3n) is 1.26. The van der Waals surface area contributed by atoms with E-state index in [0.29, 0.717) is 6.54 Å². The molecule has 0 spiro atoms. The van der Waals surface area contributed by atoms with E-state index in [4.69, 9.17) is 5.73 Å². The average Bonchev–Trinajstić information content (AvgIpc) is 2.12. The number of nitrogens with two attached hydrogens (primary N) is 1. The van der Waals surface area contributed by atoms with Gasteiger partial charge in [0, 0.05) is 6.54 Å². The Balaban J connectivity index is 3.07. The van der Waals surface area contributed by atoms with Gasteiger partial charge in [-0.05, 0) is 39.4 Å².